The van der Waals surface area contributed by atoms with Crippen LogP contribution in [0, 0.1) is 0 Å². The summed E-state index contributed by atoms with van der Waals surface area (Å²) in [5.41, 5.74) is 15.6. The topological polar surface area (TPSA) is 92.1 Å². The number of rotatable bonds is 7. The average molecular weight is 1050 g/mol. The summed E-state index contributed by atoms with van der Waals surface area (Å²) in [6.45, 7) is 26.5. The van der Waals surface area contributed by atoms with Gasteiger partial charge in [-0.3, -0.25) is 0 Å². The predicted octanol–water partition coefficient (Wildman–Crippen LogP) is 16.9. The van der Waals surface area contributed by atoms with Crippen molar-refractivity contribution >= 4 is 65.8 Å². The van der Waals surface area contributed by atoms with E-state index in [1.807, 2.05) is 18.6 Å². The van der Waals surface area contributed by atoms with E-state index in [2.05, 4.69) is 267 Å². The van der Waals surface area contributed by atoms with E-state index in [0.717, 1.165) is 123 Å². The summed E-state index contributed by atoms with van der Waals surface area (Å²) in [7, 11) is 0. The van der Waals surface area contributed by atoms with Crippen LogP contribution in [0.15, 0.2) is 188 Å². The number of aromatic nitrogens is 9. The van der Waals surface area contributed by atoms with E-state index in [-0.39, 0.29) is 21.7 Å². The fourth-order valence-electron chi connectivity index (χ4n) is 11.9. The van der Waals surface area contributed by atoms with Gasteiger partial charge in [-0.1, -0.05) is 180 Å². The van der Waals surface area contributed by atoms with Gasteiger partial charge in [-0.05, 0) is 106 Å². The van der Waals surface area contributed by atoms with Gasteiger partial charge in [0.1, 0.15) is 34.0 Å². The van der Waals surface area contributed by atoms with Crippen LogP contribution in [0.3, 0.4) is 0 Å². The lowest BCUT2D eigenvalue weighted by molar-refractivity contribution is 0.548. The maximum atomic E-state index is 5.50. The van der Waals surface area contributed by atoms with Crippen molar-refractivity contribution in [3.63, 3.8) is 0 Å². The Morgan fingerprint density at radius 3 is 0.825 bits per heavy atom. The third-order valence-corrected chi connectivity index (χ3v) is 16.0. The second-order valence-electron chi connectivity index (χ2n) is 25.8. The van der Waals surface area contributed by atoms with Crippen LogP contribution < -0.4 is 0 Å². The van der Waals surface area contributed by atoms with Gasteiger partial charge < -0.3 is 13.7 Å². The van der Waals surface area contributed by atoms with Crippen molar-refractivity contribution in [1.82, 2.24) is 43.6 Å². The summed E-state index contributed by atoms with van der Waals surface area (Å²) in [6, 6.07) is 62.4. The first-order valence-electron chi connectivity index (χ1n) is 27.9. The minimum absolute atomic E-state index is 0.0882. The molecule has 396 valence electrons. The second kappa shape index (κ2) is 18.1. The Balaban J connectivity index is 1.22. The number of nitrogens with zero attached hydrogens (tertiary/aromatic N) is 9. The summed E-state index contributed by atoms with van der Waals surface area (Å²) in [5.74, 6) is 2.38. The smallest absolute Gasteiger partial charge is 0.134 e. The molecule has 0 saturated carbocycles. The molecule has 0 aliphatic carbocycles. The molecular weight excluding hydrogens is 979 g/mol. The van der Waals surface area contributed by atoms with E-state index in [1.165, 1.54) is 5.56 Å². The molecule has 6 heterocycles. The normalized spacial score (nSPS) is 13.0. The first-order valence-corrected chi connectivity index (χ1v) is 27.9. The lowest BCUT2D eigenvalue weighted by atomic mass is 9.64. The Bertz CT molecular complexity index is 4120. The minimum atomic E-state index is -0.962. The zero-order chi connectivity index (χ0) is 55.7. The first kappa shape index (κ1) is 50.7. The van der Waals surface area contributed by atoms with Gasteiger partial charge >= 0.3 is 0 Å². The highest BCUT2D eigenvalue weighted by atomic mass is 15.1. The van der Waals surface area contributed by atoms with Crippen LogP contribution in [0.2, 0.25) is 0 Å². The van der Waals surface area contributed by atoms with Crippen LogP contribution in [0.5, 0.6) is 0 Å². The molecular formula is C71H67N9. The highest BCUT2D eigenvalue weighted by Crippen LogP contribution is 2.50. The van der Waals surface area contributed by atoms with Gasteiger partial charge in [0.15, 0.2) is 0 Å². The summed E-state index contributed by atoms with van der Waals surface area (Å²) >= 11 is 0. The summed E-state index contributed by atoms with van der Waals surface area (Å²) in [5, 5.41) is 3.12. The lowest BCUT2D eigenvalue weighted by Crippen LogP contribution is -2.31. The maximum absolute atomic E-state index is 5.50. The molecule has 0 fully saturated rings. The molecule has 7 aromatic carbocycles. The molecule has 9 heteroatoms. The highest BCUT2D eigenvalue weighted by Gasteiger charge is 2.41. The Hall–Kier alpha value is -8.82. The van der Waals surface area contributed by atoms with Gasteiger partial charge in [0.2, 0.25) is 0 Å². The molecule has 80 heavy (non-hydrogen) atoms. The van der Waals surface area contributed by atoms with Gasteiger partial charge in [-0.25, -0.2) is 29.9 Å². The molecule has 0 saturated heterocycles. The van der Waals surface area contributed by atoms with Crippen LogP contribution in [0.1, 0.15) is 128 Å². The van der Waals surface area contributed by atoms with E-state index in [0.29, 0.717) is 0 Å². The van der Waals surface area contributed by atoms with E-state index >= 15 is 0 Å². The monoisotopic (exact) mass is 1050 g/mol. The van der Waals surface area contributed by atoms with Crippen LogP contribution in [-0.2, 0) is 27.1 Å². The fourth-order valence-corrected chi connectivity index (χ4v) is 11.9. The van der Waals surface area contributed by atoms with Crippen molar-refractivity contribution in [2.75, 3.05) is 0 Å². The number of hydrogen-bond donors (Lipinski definition) is 0. The SMILES string of the molecule is CC(C)(C)c1ccc(C(c2ccc3c(c2)c2nc(C(C)(C)C)ncc2n3-c2ccccc2)(c2ccc3c(c2)c2nc(C(C)(C)C)ncc2n3-c2ccccc2)c2ccc3c(c2)c2nc(C(C)(C)C)ncc2n3-c2ccccc2)cc1. The molecule has 0 unspecified atom stereocenters. The fraction of sp³-hybridized carbons (Fsp3) is 0.239. The van der Waals surface area contributed by atoms with Gasteiger partial charge in [0.25, 0.3) is 0 Å². The van der Waals surface area contributed by atoms with Crippen LogP contribution in [0.25, 0.3) is 82.9 Å². The molecule has 0 atom stereocenters. The lowest BCUT2D eigenvalue weighted by Gasteiger charge is -2.37. The summed E-state index contributed by atoms with van der Waals surface area (Å²) < 4.78 is 6.94. The first-order chi connectivity index (χ1) is 38.2. The Kier molecular flexibility index (Phi) is 11.5. The molecule has 0 aliphatic heterocycles. The van der Waals surface area contributed by atoms with Crippen molar-refractivity contribution in [1.29, 1.82) is 0 Å². The van der Waals surface area contributed by atoms with E-state index in [4.69, 9.17) is 29.9 Å². The summed E-state index contributed by atoms with van der Waals surface area (Å²) in [6.07, 6.45) is 6.05. The molecule has 13 rings (SSSR count). The van der Waals surface area contributed by atoms with Gasteiger partial charge in [0, 0.05) is 49.5 Å². The zero-order valence-electron chi connectivity index (χ0n) is 47.9. The Morgan fingerprint density at radius 2 is 0.550 bits per heavy atom. The zero-order valence-corrected chi connectivity index (χ0v) is 47.9. The molecule has 0 bridgehead atoms. The number of para-hydroxylation sites is 3. The van der Waals surface area contributed by atoms with Crippen molar-refractivity contribution in [2.45, 2.75) is 110 Å². The molecule has 0 aliphatic rings. The van der Waals surface area contributed by atoms with Crippen LogP contribution >= 0.6 is 0 Å². The number of hydrogen-bond acceptors (Lipinski definition) is 6. The minimum Gasteiger partial charge on any atom is -0.306 e. The Morgan fingerprint density at radius 1 is 0.275 bits per heavy atom. The van der Waals surface area contributed by atoms with Gasteiger partial charge in [-0.15, -0.1) is 0 Å². The molecule has 13 aromatic rings. The highest BCUT2D eigenvalue weighted by molar-refractivity contribution is 6.10. The standard InChI is InChI=1S/C71H67N9/c1-67(2,3)44-28-30-45(31-29-44)71(46-32-35-55-52(38-46)61-58(41-72-64(75-61)68(4,5)6)78(55)49-22-16-13-17-23-49,47-33-36-56-53(39-47)62-59(42-73-65(76-62)69(7,8)9)79(56)50-24-18-14-19-25-50)48-34-37-57-54(40-48)63-60(43-74-66(77-63)70(10,11)12)80(57)51-26-20-15-21-27-51/h13-43H,1-12H3. The number of benzene rings is 7. The van der Waals surface area contributed by atoms with Crippen LogP contribution in [-0.4, -0.2) is 43.6 Å². The number of fused-ring (bicyclic) bond motifs is 9. The van der Waals surface area contributed by atoms with Gasteiger partial charge in [-0.2, -0.15) is 0 Å². The third-order valence-electron chi connectivity index (χ3n) is 16.0. The van der Waals surface area contributed by atoms with Crippen molar-refractivity contribution in [2.24, 2.45) is 0 Å². The molecule has 0 amide bonds. The van der Waals surface area contributed by atoms with Crippen molar-refractivity contribution in [3.05, 3.63) is 234 Å². The van der Waals surface area contributed by atoms with Gasteiger partial charge in [0.05, 0.1) is 57.1 Å². The molecule has 0 N–H and O–H groups in total. The molecule has 0 spiro atoms. The quantitative estimate of drug-likeness (QED) is 0.148. The largest absolute Gasteiger partial charge is 0.306 e. The van der Waals surface area contributed by atoms with E-state index in [9.17, 15) is 0 Å². The van der Waals surface area contributed by atoms with E-state index in [1.54, 1.807) is 0 Å². The molecule has 0 radical (unpaired) electrons. The predicted molar refractivity (Wildman–Crippen MR) is 329 cm³/mol. The van der Waals surface area contributed by atoms with E-state index < -0.39 is 5.41 Å². The van der Waals surface area contributed by atoms with Crippen LogP contribution in [0.4, 0.5) is 0 Å². The van der Waals surface area contributed by atoms with Crippen molar-refractivity contribution < 1.29 is 0 Å². The maximum Gasteiger partial charge on any atom is 0.134 e. The average Bonchev–Trinajstić information content (AvgIpc) is 4.23. The van der Waals surface area contributed by atoms with Crippen molar-refractivity contribution in [3.8, 4) is 17.1 Å². The molecule has 6 aromatic heterocycles. The summed E-state index contributed by atoms with van der Waals surface area (Å²) in [4.78, 5) is 31.6. The Labute approximate surface area is 468 Å². The third kappa shape index (κ3) is 8.11. The molecule has 9 nitrogen and oxygen atoms in total. The second-order valence-corrected chi connectivity index (χ2v) is 25.8.